The number of hydrogen-bond acceptors (Lipinski definition) is 4. The molecule has 3 rings (SSSR count). The number of aryl methyl sites for hydroxylation is 1. The molecule has 2 aromatic rings. The molecule has 4 heteroatoms. The summed E-state index contributed by atoms with van der Waals surface area (Å²) in [5, 5.41) is 24.3. The molecule has 0 amide bonds. The Hall–Kier alpha value is -1.72. The van der Waals surface area contributed by atoms with E-state index in [0.717, 1.165) is 30.6 Å². The molecule has 25 heavy (non-hydrogen) atoms. The van der Waals surface area contributed by atoms with E-state index in [1.807, 2.05) is 49.4 Å². The first-order valence-corrected chi connectivity index (χ1v) is 8.98. The standard InChI is InChI=1S/C21H28N2O2/c1-17-6-5-9-19(12-17)20(24)13-22-15-21(25)10-11-23(16-21)14-18-7-3-2-4-8-18/h2-9,12,20,22,24-25H,10-11,13-16H2,1H3. The molecule has 0 radical (unpaired) electrons. The third-order valence-corrected chi connectivity index (χ3v) is 4.88. The molecule has 2 unspecified atom stereocenters. The summed E-state index contributed by atoms with van der Waals surface area (Å²) in [7, 11) is 0. The van der Waals surface area contributed by atoms with E-state index < -0.39 is 11.7 Å². The summed E-state index contributed by atoms with van der Waals surface area (Å²) < 4.78 is 0. The average Bonchev–Trinajstić information content (AvgIpc) is 2.96. The highest BCUT2D eigenvalue weighted by molar-refractivity contribution is 5.24. The van der Waals surface area contributed by atoms with E-state index in [0.29, 0.717) is 19.6 Å². The van der Waals surface area contributed by atoms with Crippen LogP contribution in [0.2, 0.25) is 0 Å². The van der Waals surface area contributed by atoms with Gasteiger partial charge < -0.3 is 15.5 Å². The van der Waals surface area contributed by atoms with Gasteiger partial charge in [-0.3, -0.25) is 4.90 Å². The van der Waals surface area contributed by atoms with Gasteiger partial charge in [0.1, 0.15) is 0 Å². The number of β-amino-alcohol motifs (C(OH)–C–C–N with tert-alkyl or cyclic N) is 1. The first-order valence-electron chi connectivity index (χ1n) is 8.98. The zero-order valence-electron chi connectivity index (χ0n) is 14.9. The van der Waals surface area contributed by atoms with Crippen LogP contribution >= 0.6 is 0 Å². The van der Waals surface area contributed by atoms with Crippen LogP contribution in [0.1, 0.15) is 29.2 Å². The zero-order valence-corrected chi connectivity index (χ0v) is 14.9. The van der Waals surface area contributed by atoms with Crippen molar-refractivity contribution in [1.82, 2.24) is 10.2 Å². The second-order valence-corrected chi connectivity index (χ2v) is 7.23. The molecule has 1 saturated heterocycles. The summed E-state index contributed by atoms with van der Waals surface area (Å²) in [6, 6.07) is 18.3. The number of rotatable bonds is 7. The van der Waals surface area contributed by atoms with Crippen molar-refractivity contribution < 1.29 is 10.2 Å². The second-order valence-electron chi connectivity index (χ2n) is 7.23. The molecule has 2 aromatic carbocycles. The molecule has 1 heterocycles. The minimum atomic E-state index is -0.721. The summed E-state index contributed by atoms with van der Waals surface area (Å²) in [5.41, 5.74) is 2.61. The summed E-state index contributed by atoms with van der Waals surface area (Å²) >= 11 is 0. The Morgan fingerprint density at radius 2 is 1.96 bits per heavy atom. The van der Waals surface area contributed by atoms with Gasteiger partial charge in [-0.1, -0.05) is 60.2 Å². The Kier molecular flexibility index (Phi) is 5.86. The van der Waals surface area contributed by atoms with E-state index in [4.69, 9.17) is 0 Å². The fourth-order valence-corrected chi connectivity index (χ4v) is 3.50. The lowest BCUT2D eigenvalue weighted by Gasteiger charge is -2.25. The van der Waals surface area contributed by atoms with E-state index in [-0.39, 0.29) is 0 Å². The van der Waals surface area contributed by atoms with Crippen LogP contribution < -0.4 is 5.32 Å². The molecule has 0 saturated carbocycles. The van der Waals surface area contributed by atoms with Gasteiger partial charge in [0.15, 0.2) is 0 Å². The third kappa shape index (κ3) is 5.13. The summed E-state index contributed by atoms with van der Waals surface area (Å²) in [6.07, 6.45) is 0.207. The van der Waals surface area contributed by atoms with Crippen LogP contribution in [0, 0.1) is 6.92 Å². The molecule has 1 aliphatic rings. The number of nitrogens with zero attached hydrogens (tertiary/aromatic N) is 1. The fraction of sp³-hybridized carbons (Fsp3) is 0.429. The minimum absolute atomic E-state index is 0.449. The number of likely N-dealkylation sites (tertiary alicyclic amines) is 1. The molecule has 134 valence electrons. The molecular weight excluding hydrogens is 312 g/mol. The maximum Gasteiger partial charge on any atom is 0.0914 e. The second kappa shape index (κ2) is 8.11. The van der Waals surface area contributed by atoms with Crippen molar-refractivity contribution in [3.8, 4) is 0 Å². The van der Waals surface area contributed by atoms with Crippen LogP contribution in [-0.2, 0) is 6.54 Å². The lowest BCUT2D eigenvalue weighted by molar-refractivity contribution is 0.0446. The maximum atomic E-state index is 10.8. The Morgan fingerprint density at radius 3 is 2.72 bits per heavy atom. The van der Waals surface area contributed by atoms with Gasteiger partial charge in [0, 0.05) is 32.7 Å². The largest absolute Gasteiger partial charge is 0.387 e. The molecule has 0 aliphatic carbocycles. The molecule has 1 fully saturated rings. The minimum Gasteiger partial charge on any atom is -0.387 e. The van der Waals surface area contributed by atoms with E-state index in [2.05, 4.69) is 22.3 Å². The highest BCUT2D eigenvalue weighted by Crippen LogP contribution is 2.22. The van der Waals surface area contributed by atoms with E-state index in [9.17, 15) is 10.2 Å². The number of benzene rings is 2. The van der Waals surface area contributed by atoms with Gasteiger partial charge in [-0.15, -0.1) is 0 Å². The van der Waals surface area contributed by atoms with E-state index >= 15 is 0 Å². The van der Waals surface area contributed by atoms with Crippen molar-refractivity contribution in [1.29, 1.82) is 0 Å². The molecule has 4 nitrogen and oxygen atoms in total. The van der Waals surface area contributed by atoms with Crippen LogP contribution in [0.25, 0.3) is 0 Å². The van der Waals surface area contributed by atoms with Crippen molar-refractivity contribution in [2.24, 2.45) is 0 Å². The summed E-state index contributed by atoms with van der Waals surface area (Å²) in [4.78, 5) is 2.29. The van der Waals surface area contributed by atoms with Crippen molar-refractivity contribution in [3.63, 3.8) is 0 Å². The van der Waals surface area contributed by atoms with Crippen LogP contribution in [0.15, 0.2) is 54.6 Å². The fourth-order valence-electron chi connectivity index (χ4n) is 3.50. The molecule has 2 atom stereocenters. The normalized spacial score (nSPS) is 22.2. The van der Waals surface area contributed by atoms with Crippen LogP contribution in [0.5, 0.6) is 0 Å². The monoisotopic (exact) mass is 340 g/mol. The Morgan fingerprint density at radius 1 is 1.16 bits per heavy atom. The van der Waals surface area contributed by atoms with Gasteiger partial charge >= 0.3 is 0 Å². The van der Waals surface area contributed by atoms with Gasteiger partial charge in [0.25, 0.3) is 0 Å². The molecule has 0 bridgehead atoms. The molecule has 0 aromatic heterocycles. The van der Waals surface area contributed by atoms with Crippen LogP contribution in [0.3, 0.4) is 0 Å². The van der Waals surface area contributed by atoms with Gasteiger partial charge in [0.05, 0.1) is 11.7 Å². The van der Waals surface area contributed by atoms with Crippen molar-refractivity contribution >= 4 is 0 Å². The first kappa shape index (κ1) is 18.1. The van der Waals surface area contributed by atoms with Crippen molar-refractivity contribution in [2.75, 3.05) is 26.2 Å². The number of aliphatic hydroxyl groups excluding tert-OH is 1. The predicted octanol–water partition coefficient (Wildman–Crippen LogP) is 2.26. The smallest absolute Gasteiger partial charge is 0.0914 e. The number of hydrogen-bond donors (Lipinski definition) is 3. The Labute approximate surface area is 150 Å². The first-order chi connectivity index (χ1) is 12.0. The molecule has 3 N–H and O–H groups in total. The number of nitrogens with one attached hydrogen (secondary N) is 1. The van der Waals surface area contributed by atoms with Crippen LogP contribution in [0.4, 0.5) is 0 Å². The van der Waals surface area contributed by atoms with Gasteiger partial charge in [-0.2, -0.15) is 0 Å². The lowest BCUT2D eigenvalue weighted by Crippen LogP contribution is -2.44. The SMILES string of the molecule is Cc1cccc(C(O)CNCC2(O)CCN(Cc3ccccc3)C2)c1. The van der Waals surface area contributed by atoms with E-state index in [1.165, 1.54) is 5.56 Å². The number of aliphatic hydroxyl groups is 2. The molecule has 1 aliphatic heterocycles. The molecular formula is C21H28N2O2. The quantitative estimate of drug-likeness (QED) is 0.724. The predicted molar refractivity (Wildman–Crippen MR) is 100 cm³/mol. The van der Waals surface area contributed by atoms with Gasteiger partial charge in [0.2, 0.25) is 0 Å². The van der Waals surface area contributed by atoms with Gasteiger partial charge in [-0.05, 0) is 24.5 Å². The van der Waals surface area contributed by atoms with Crippen LogP contribution in [-0.4, -0.2) is 46.9 Å². The van der Waals surface area contributed by atoms with Gasteiger partial charge in [-0.25, -0.2) is 0 Å². The Bertz CT molecular complexity index is 677. The summed E-state index contributed by atoms with van der Waals surface area (Å²) in [5.74, 6) is 0. The van der Waals surface area contributed by atoms with Crippen molar-refractivity contribution in [2.45, 2.75) is 31.6 Å². The molecule has 0 spiro atoms. The average molecular weight is 340 g/mol. The maximum absolute atomic E-state index is 10.8. The van der Waals surface area contributed by atoms with Crippen molar-refractivity contribution in [3.05, 3.63) is 71.3 Å². The lowest BCUT2D eigenvalue weighted by atomic mass is 10.0. The zero-order chi connectivity index (χ0) is 17.7. The highest BCUT2D eigenvalue weighted by Gasteiger charge is 2.35. The summed E-state index contributed by atoms with van der Waals surface area (Å²) in [6.45, 7) is 5.40. The highest BCUT2D eigenvalue weighted by atomic mass is 16.3. The topological polar surface area (TPSA) is 55.7 Å². The third-order valence-electron chi connectivity index (χ3n) is 4.88. The Balaban J connectivity index is 1.45. The van der Waals surface area contributed by atoms with E-state index in [1.54, 1.807) is 0 Å².